The zero-order valence-electron chi connectivity index (χ0n) is 24.4. The summed E-state index contributed by atoms with van der Waals surface area (Å²) in [4.78, 5) is 12.6. The van der Waals surface area contributed by atoms with Crippen LogP contribution >= 0.6 is 11.8 Å². The van der Waals surface area contributed by atoms with Crippen molar-refractivity contribution < 1.29 is 4.42 Å². The molecule has 2 atom stereocenters. The molecule has 0 saturated carbocycles. The van der Waals surface area contributed by atoms with E-state index in [1.165, 1.54) is 21.6 Å². The van der Waals surface area contributed by atoms with Gasteiger partial charge in [0.1, 0.15) is 5.76 Å². The summed E-state index contributed by atoms with van der Waals surface area (Å²) < 4.78 is 6.51. The number of furan rings is 1. The maximum atomic E-state index is 9.47. The van der Waals surface area contributed by atoms with Gasteiger partial charge in [0.25, 0.3) is 0 Å². The van der Waals surface area contributed by atoms with Gasteiger partial charge in [-0.1, -0.05) is 111 Å². The first kappa shape index (κ1) is 27.2. The van der Waals surface area contributed by atoms with Crippen LogP contribution in [0.1, 0.15) is 66.8 Å². The Labute approximate surface area is 256 Å². The van der Waals surface area contributed by atoms with Gasteiger partial charge in [-0.2, -0.15) is 5.26 Å². The Hall–Kier alpha value is -4.66. The SMILES string of the molecule is CCC1C(c2ccccc2)=NC(c2ccc(-c3ccc4c(c3)Sc3cc(C#N)ccc3C4(C)C)o2)=NC1c1ccccc1. The van der Waals surface area contributed by atoms with Gasteiger partial charge in [-0.05, 0) is 59.0 Å². The second-order valence-electron chi connectivity index (χ2n) is 11.6. The van der Waals surface area contributed by atoms with Gasteiger partial charge in [-0.15, -0.1) is 0 Å². The van der Waals surface area contributed by atoms with E-state index in [1.54, 1.807) is 11.8 Å². The van der Waals surface area contributed by atoms with Crippen molar-refractivity contribution in [1.29, 1.82) is 5.26 Å². The Balaban J connectivity index is 1.27. The molecule has 2 aliphatic heterocycles. The summed E-state index contributed by atoms with van der Waals surface area (Å²) in [7, 11) is 0. The minimum atomic E-state index is -0.168. The first-order valence-corrected chi connectivity index (χ1v) is 15.5. The summed E-state index contributed by atoms with van der Waals surface area (Å²) in [5.74, 6) is 2.22. The van der Waals surface area contributed by atoms with Gasteiger partial charge >= 0.3 is 0 Å². The third-order valence-corrected chi connectivity index (χ3v) is 9.76. The molecule has 2 unspecified atom stereocenters. The third kappa shape index (κ3) is 4.82. The lowest BCUT2D eigenvalue weighted by Crippen LogP contribution is -2.28. The summed E-state index contributed by atoms with van der Waals surface area (Å²) in [6.45, 7) is 6.70. The quantitative estimate of drug-likeness (QED) is 0.209. The van der Waals surface area contributed by atoms with E-state index in [1.807, 2.05) is 36.4 Å². The van der Waals surface area contributed by atoms with Crippen molar-refractivity contribution in [2.75, 3.05) is 0 Å². The molecule has 0 aliphatic carbocycles. The second kappa shape index (κ2) is 10.9. The van der Waals surface area contributed by atoms with Crippen molar-refractivity contribution in [3.8, 4) is 17.4 Å². The molecule has 5 aromatic rings. The van der Waals surface area contributed by atoms with E-state index in [-0.39, 0.29) is 17.4 Å². The minimum absolute atomic E-state index is 0.0526. The third-order valence-electron chi connectivity index (χ3n) is 8.64. The smallest absolute Gasteiger partial charge is 0.191 e. The molecule has 0 bridgehead atoms. The topological polar surface area (TPSA) is 61.6 Å². The molecule has 0 saturated heterocycles. The Morgan fingerprint density at radius 2 is 1.47 bits per heavy atom. The van der Waals surface area contributed by atoms with Crippen molar-refractivity contribution in [3.05, 3.63) is 143 Å². The maximum Gasteiger partial charge on any atom is 0.191 e. The van der Waals surface area contributed by atoms with E-state index in [9.17, 15) is 5.26 Å². The Bertz CT molecular complexity index is 1930. The lowest BCUT2D eigenvalue weighted by molar-refractivity contribution is 0.524. The summed E-state index contributed by atoms with van der Waals surface area (Å²) in [5.41, 5.74) is 7.37. The van der Waals surface area contributed by atoms with Crippen LogP contribution in [0.2, 0.25) is 0 Å². The molecule has 3 heterocycles. The van der Waals surface area contributed by atoms with E-state index in [2.05, 4.69) is 99.6 Å². The maximum absolute atomic E-state index is 9.47. The molecular formula is C38H31N3OS. The fourth-order valence-electron chi connectivity index (χ4n) is 6.32. The summed E-state index contributed by atoms with van der Waals surface area (Å²) in [6.07, 6.45) is 0.926. The van der Waals surface area contributed by atoms with Crippen LogP contribution in [0.3, 0.4) is 0 Å². The highest BCUT2D eigenvalue weighted by Crippen LogP contribution is 2.50. The predicted molar refractivity (Wildman–Crippen MR) is 174 cm³/mol. The van der Waals surface area contributed by atoms with Crippen LogP contribution in [0.5, 0.6) is 0 Å². The van der Waals surface area contributed by atoms with Crippen LogP contribution in [0, 0.1) is 17.2 Å². The van der Waals surface area contributed by atoms with Crippen LogP contribution < -0.4 is 0 Å². The van der Waals surface area contributed by atoms with Crippen molar-refractivity contribution in [1.82, 2.24) is 0 Å². The summed E-state index contributed by atoms with van der Waals surface area (Å²) in [5, 5.41) is 9.47. The van der Waals surface area contributed by atoms with Crippen LogP contribution in [-0.2, 0) is 5.41 Å². The van der Waals surface area contributed by atoms with E-state index < -0.39 is 0 Å². The Kier molecular flexibility index (Phi) is 6.88. The van der Waals surface area contributed by atoms with Crippen LogP contribution in [0.15, 0.2) is 133 Å². The summed E-state index contributed by atoms with van der Waals surface area (Å²) >= 11 is 1.72. The van der Waals surface area contributed by atoms with Gasteiger partial charge in [-0.25, -0.2) is 4.99 Å². The molecule has 5 heteroatoms. The molecule has 0 fully saturated rings. The number of hydrogen-bond acceptors (Lipinski definition) is 5. The van der Waals surface area contributed by atoms with E-state index in [0.29, 0.717) is 17.2 Å². The zero-order valence-corrected chi connectivity index (χ0v) is 25.2. The number of benzene rings is 4. The van der Waals surface area contributed by atoms with Gasteiger partial charge in [-0.3, -0.25) is 4.99 Å². The molecule has 210 valence electrons. The van der Waals surface area contributed by atoms with Gasteiger partial charge in [0.15, 0.2) is 11.6 Å². The number of rotatable bonds is 5. The molecule has 2 aliphatic rings. The number of nitrogens with zero attached hydrogens (tertiary/aromatic N) is 3. The van der Waals surface area contributed by atoms with Gasteiger partial charge < -0.3 is 4.42 Å². The highest BCUT2D eigenvalue weighted by Gasteiger charge is 2.34. The van der Waals surface area contributed by atoms with Crippen LogP contribution in [-0.4, -0.2) is 11.5 Å². The number of nitriles is 1. The second-order valence-corrected chi connectivity index (χ2v) is 12.7. The lowest BCUT2D eigenvalue weighted by Gasteiger charge is -2.34. The predicted octanol–water partition coefficient (Wildman–Crippen LogP) is 9.63. The Morgan fingerprint density at radius 3 is 2.19 bits per heavy atom. The highest BCUT2D eigenvalue weighted by molar-refractivity contribution is 7.99. The molecule has 4 nitrogen and oxygen atoms in total. The Morgan fingerprint density at radius 1 is 0.791 bits per heavy atom. The van der Waals surface area contributed by atoms with Gasteiger partial charge in [0.2, 0.25) is 0 Å². The number of fused-ring (bicyclic) bond motifs is 2. The van der Waals surface area contributed by atoms with E-state index >= 15 is 0 Å². The number of aliphatic imine (C=N–C) groups is 2. The average Bonchev–Trinajstić information content (AvgIpc) is 3.55. The van der Waals surface area contributed by atoms with Crippen molar-refractivity contribution in [2.24, 2.45) is 15.9 Å². The molecule has 0 amide bonds. The molecule has 0 spiro atoms. The molecule has 43 heavy (non-hydrogen) atoms. The largest absolute Gasteiger partial charge is 0.453 e. The first-order valence-electron chi connectivity index (χ1n) is 14.7. The van der Waals surface area contributed by atoms with Crippen molar-refractivity contribution in [3.63, 3.8) is 0 Å². The standard InChI is InChI=1S/C38H31N3OS/c1-4-28-35(25-11-7-5-8-12-25)40-37(41-36(28)26-13-9-6-10-14-26)32-20-19-31(42-32)27-16-18-30-34(22-27)43-33-21-24(23-39)15-17-29(33)38(30,2)3/h5-22,28,35H,4H2,1-3H3. The van der Waals surface area contributed by atoms with E-state index in [0.717, 1.165) is 33.9 Å². The minimum Gasteiger partial charge on any atom is -0.453 e. The fourth-order valence-corrected chi connectivity index (χ4v) is 7.80. The molecule has 0 N–H and O–H groups in total. The van der Waals surface area contributed by atoms with Gasteiger partial charge in [0.05, 0.1) is 23.4 Å². The highest BCUT2D eigenvalue weighted by atomic mass is 32.2. The number of hydrogen-bond donors (Lipinski definition) is 0. The van der Waals surface area contributed by atoms with Gasteiger partial charge in [0, 0.05) is 26.7 Å². The van der Waals surface area contributed by atoms with Crippen molar-refractivity contribution in [2.45, 2.75) is 48.4 Å². The van der Waals surface area contributed by atoms with Crippen molar-refractivity contribution >= 4 is 23.3 Å². The van der Waals surface area contributed by atoms with Crippen LogP contribution in [0.4, 0.5) is 0 Å². The molecule has 7 rings (SSSR count). The fraction of sp³-hybridized carbons (Fsp3) is 0.184. The normalized spacial score (nSPS) is 18.6. The van der Waals surface area contributed by atoms with Crippen LogP contribution in [0.25, 0.3) is 11.3 Å². The summed E-state index contributed by atoms with van der Waals surface area (Å²) in [6, 6.07) is 39.7. The monoisotopic (exact) mass is 577 g/mol. The lowest BCUT2D eigenvalue weighted by atomic mass is 9.77. The first-order chi connectivity index (χ1) is 21.0. The average molecular weight is 578 g/mol. The molecule has 4 aromatic carbocycles. The molecule has 0 radical (unpaired) electrons. The molecule has 1 aromatic heterocycles. The zero-order chi connectivity index (χ0) is 29.6. The van der Waals surface area contributed by atoms with E-state index in [4.69, 9.17) is 14.4 Å². The molecular weight excluding hydrogens is 547 g/mol. The number of amidine groups is 1.